The van der Waals surface area contributed by atoms with Crippen molar-refractivity contribution in [1.82, 2.24) is 14.9 Å². The lowest BCUT2D eigenvalue weighted by molar-refractivity contribution is -0.124. The van der Waals surface area contributed by atoms with E-state index in [1.54, 1.807) is 6.20 Å². The number of halogens is 2. The number of thiol groups is 1. The molecule has 9 heteroatoms. The third-order valence-electron chi connectivity index (χ3n) is 5.22. The van der Waals surface area contributed by atoms with Crippen LogP contribution in [0.4, 0.5) is 8.78 Å². The molecule has 1 unspecified atom stereocenters. The number of carbonyl (C=O) groups is 2. The number of rotatable bonds is 12. The van der Waals surface area contributed by atoms with Crippen molar-refractivity contribution < 1.29 is 23.5 Å². The summed E-state index contributed by atoms with van der Waals surface area (Å²) in [6.45, 7) is 6.48. The Kier molecular flexibility index (Phi) is 9.68. The molecule has 0 radical (unpaired) electrons. The van der Waals surface area contributed by atoms with Crippen LogP contribution in [0.3, 0.4) is 0 Å². The highest BCUT2D eigenvalue weighted by atomic mass is 32.1. The SMILES string of the molecule is CCCCc1ncc(CNC(=O)C(CS)CC(C)C)n1Cc1cc(F)c(C(=O)O)c(F)c1. The molecule has 6 nitrogen and oxygen atoms in total. The molecule has 0 fully saturated rings. The fourth-order valence-electron chi connectivity index (χ4n) is 3.58. The number of imidazole rings is 1. The van der Waals surface area contributed by atoms with Gasteiger partial charge in [0.05, 0.1) is 18.4 Å². The van der Waals surface area contributed by atoms with Crippen LogP contribution in [0.1, 0.15) is 67.5 Å². The smallest absolute Gasteiger partial charge is 0.341 e. The summed E-state index contributed by atoms with van der Waals surface area (Å²) in [6, 6.07) is 2.05. The Bertz CT molecular complexity index is 924. The molecule has 1 aromatic heterocycles. The number of unbranched alkanes of at least 4 members (excludes halogenated alkanes) is 1. The molecule has 0 spiro atoms. The van der Waals surface area contributed by atoms with Crippen molar-refractivity contribution in [1.29, 1.82) is 0 Å². The van der Waals surface area contributed by atoms with Crippen LogP contribution in [0, 0.1) is 23.5 Å². The van der Waals surface area contributed by atoms with Crippen molar-refractivity contribution in [2.24, 2.45) is 11.8 Å². The monoisotopic (exact) mass is 467 g/mol. The summed E-state index contributed by atoms with van der Waals surface area (Å²) >= 11 is 4.29. The zero-order chi connectivity index (χ0) is 23.8. The highest BCUT2D eigenvalue weighted by Gasteiger charge is 2.21. The zero-order valence-corrected chi connectivity index (χ0v) is 19.6. The molecule has 2 aromatic rings. The van der Waals surface area contributed by atoms with E-state index in [1.807, 2.05) is 18.4 Å². The Hall–Kier alpha value is -2.42. The van der Waals surface area contributed by atoms with Crippen molar-refractivity contribution in [2.45, 2.75) is 59.5 Å². The van der Waals surface area contributed by atoms with E-state index in [1.165, 1.54) is 0 Å². The lowest BCUT2D eigenvalue weighted by Crippen LogP contribution is -2.33. The summed E-state index contributed by atoms with van der Waals surface area (Å²) in [4.78, 5) is 28.1. The molecule has 1 heterocycles. The number of hydrogen-bond acceptors (Lipinski definition) is 4. The average Bonchev–Trinajstić information content (AvgIpc) is 3.08. The van der Waals surface area contributed by atoms with Gasteiger partial charge < -0.3 is 15.0 Å². The van der Waals surface area contributed by atoms with Crippen molar-refractivity contribution in [3.63, 3.8) is 0 Å². The van der Waals surface area contributed by atoms with E-state index in [9.17, 15) is 18.4 Å². The predicted molar refractivity (Wildman–Crippen MR) is 122 cm³/mol. The van der Waals surface area contributed by atoms with Crippen molar-refractivity contribution in [3.05, 3.63) is 52.6 Å². The quantitative estimate of drug-likeness (QED) is 0.403. The number of aryl methyl sites for hydroxylation is 1. The number of amides is 1. The molecule has 2 rings (SSSR count). The molecule has 2 N–H and O–H groups in total. The molecule has 0 saturated carbocycles. The van der Waals surface area contributed by atoms with E-state index in [2.05, 4.69) is 29.9 Å². The molecule has 0 aliphatic carbocycles. The van der Waals surface area contributed by atoms with Gasteiger partial charge in [-0.3, -0.25) is 4.79 Å². The first-order valence-corrected chi connectivity index (χ1v) is 11.4. The van der Waals surface area contributed by atoms with Crippen molar-refractivity contribution in [3.8, 4) is 0 Å². The highest BCUT2D eigenvalue weighted by molar-refractivity contribution is 7.80. The maximum atomic E-state index is 14.2. The summed E-state index contributed by atoms with van der Waals surface area (Å²) in [5.74, 6) is -2.65. The van der Waals surface area contributed by atoms with Crippen LogP contribution in [-0.2, 0) is 24.3 Å². The van der Waals surface area contributed by atoms with E-state index < -0.39 is 23.2 Å². The molecular formula is C23H31F2N3O3S. The summed E-state index contributed by atoms with van der Waals surface area (Å²) in [5, 5.41) is 11.9. The minimum Gasteiger partial charge on any atom is -0.477 e. The fourth-order valence-corrected chi connectivity index (χ4v) is 3.90. The van der Waals surface area contributed by atoms with Gasteiger partial charge in [0.2, 0.25) is 5.91 Å². The van der Waals surface area contributed by atoms with Crippen LogP contribution >= 0.6 is 12.6 Å². The fraction of sp³-hybridized carbons (Fsp3) is 0.522. The lowest BCUT2D eigenvalue weighted by atomic mass is 9.98. The highest BCUT2D eigenvalue weighted by Crippen LogP contribution is 2.19. The molecule has 0 aliphatic rings. The lowest BCUT2D eigenvalue weighted by Gasteiger charge is -2.18. The molecule has 32 heavy (non-hydrogen) atoms. The van der Waals surface area contributed by atoms with Gasteiger partial charge in [0.15, 0.2) is 0 Å². The number of carboxylic acids is 1. The van der Waals surface area contributed by atoms with Crippen LogP contribution in [0.25, 0.3) is 0 Å². The Balaban J connectivity index is 2.26. The van der Waals surface area contributed by atoms with Crippen LogP contribution in [0.5, 0.6) is 0 Å². The van der Waals surface area contributed by atoms with Crippen molar-refractivity contribution >= 4 is 24.5 Å². The molecule has 1 atom stereocenters. The maximum absolute atomic E-state index is 14.2. The Morgan fingerprint density at radius 1 is 1.25 bits per heavy atom. The van der Waals surface area contributed by atoms with E-state index in [0.717, 1.165) is 37.2 Å². The second-order valence-electron chi connectivity index (χ2n) is 8.32. The first-order valence-electron chi connectivity index (χ1n) is 10.8. The van der Waals surface area contributed by atoms with Crippen LogP contribution in [0.15, 0.2) is 18.3 Å². The van der Waals surface area contributed by atoms with Gasteiger partial charge in [-0.25, -0.2) is 18.6 Å². The van der Waals surface area contributed by atoms with Gasteiger partial charge in [0.1, 0.15) is 23.0 Å². The second-order valence-corrected chi connectivity index (χ2v) is 8.69. The third kappa shape index (κ3) is 6.79. The van der Waals surface area contributed by atoms with Gasteiger partial charge in [-0.05, 0) is 36.5 Å². The third-order valence-corrected chi connectivity index (χ3v) is 5.66. The molecule has 0 bridgehead atoms. The minimum absolute atomic E-state index is 0.0977. The molecule has 0 saturated heterocycles. The standard InChI is InChI=1S/C23H31F2N3O3S/c1-4-5-6-20-26-10-17(11-27-22(29)16(13-32)7-14(2)3)28(20)12-15-8-18(24)21(23(30)31)19(25)9-15/h8-10,14,16,32H,4-7,11-13H2,1-3H3,(H,27,29)(H,30,31). The first-order chi connectivity index (χ1) is 15.2. The van der Waals surface area contributed by atoms with Gasteiger partial charge in [-0.2, -0.15) is 12.6 Å². The van der Waals surface area contributed by atoms with Gasteiger partial charge >= 0.3 is 5.97 Å². The topological polar surface area (TPSA) is 84.2 Å². The van der Waals surface area contributed by atoms with E-state index in [0.29, 0.717) is 23.8 Å². The number of aromatic carboxylic acids is 1. The number of carboxylic acid groups (broad SMARTS) is 1. The molecule has 1 aromatic carbocycles. The Labute approximate surface area is 192 Å². The number of carbonyl (C=O) groups excluding carboxylic acids is 1. The number of aromatic nitrogens is 2. The van der Waals surface area contributed by atoms with Gasteiger partial charge in [-0.15, -0.1) is 0 Å². The second kappa shape index (κ2) is 12.0. The van der Waals surface area contributed by atoms with Crippen LogP contribution in [0.2, 0.25) is 0 Å². The minimum atomic E-state index is -1.65. The largest absolute Gasteiger partial charge is 0.477 e. The summed E-state index contributed by atoms with van der Waals surface area (Å²) in [6.07, 6.45) is 4.90. The number of nitrogens with zero attached hydrogens (tertiary/aromatic N) is 2. The van der Waals surface area contributed by atoms with Gasteiger partial charge in [-0.1, -0.05) is 27.2 Å². The van der Waals surface area contributed by atoms with E-state index in [-0.39, 0.29) is 30.5 Å². The summed E-state index contributed by atoms with van der Waals surface area (Å²) in [7, 11) is 0. The Morgan fingerprint density at radius 3 is 2.44 bits per heavy atom. The normalized spacial score (nSPS) is 12.2. The average molecular weight is 468 g/mol. The molecule has 176 valence electrons. The van der Waals surface area contributed by atoms with E-state index in [4.69, 9.17) is 5.11 Å². The predicted octanol–water partition coefficient (Wildman–Crippen LogP) is 4.46. The van der Waals surface area contributed by atoms with Crippen LogP contribution < -0.4 is 5.32 Å². The van der Waals surface area contributed by atoms with Crippen LogP contribution in [-0.4, -0.2) is 32.3 Å². The number of benzene rings is 1. The molecular weight excluding hydrogens is 436 g/mol. The first kappa shape index (κ1) is 25.8. The molecule has 0 aliphatic heterocycles. The zero-order valence-electron chi connectivity index (χ0n) is 18.7. The van der Waals surface area contributed by atoms with Gasteiger partial charge in [0.25, 0.3) is 0 Å². The summed E-state index contributed by atoms with van der Waals surface area (Å²) in [5.41, 5.74) is 0.0115. The van der Waals surface area contributed by atoms with Gasteiger partial charge in [0, 0.05) is 24.6 Å². The number of hydrogen-bond donors (Lipinski definition) is 3. The van der Waals surface area contributed by atoms with E-state index >= 15 is 0 Å². The Morgan fingerprint density at radius 2 is 1.91 bits per heavy atom. The summed E-state index contributed by atoms with van der Waals surface area (Å²) < 4.78 is 30.2. The maximum Gasteiger partial charge on any atom is 0.341 e. The molecule has 1 amide bonds. The van der Waals surface area contributed by atoms with Crippen molar-refractivity contribution in [2.75, 3.05) is 5.75 Å². The number of nitrogens with one attached hydrogen (secondary N) is 1.